The summed E-state index contributed by atoms with van der Waals surface area (Å²) in [7, 11) is -6.16. The van der Waals surface area contributed by atoms with Crippen LogP contribution in [-0.4, -0.2) is 21.1 Å². The minimum Gasteiger partial charge on any atom is -0.456 e. The Kier molecular flexibility index (Phi) is 10.9. The Morgan fingerprint density at radius 3 is 0.976 bits per heavy atom. The van der Waals surface area contributed by atoms with E-state index in [2.05, 4.69) is 307 Å². The van der Waals surface area contributed by atoms with E-state index in [4.69, 9.17) is 13.8 Å². The number of anilines is 6. The van der Waals surface area contributed by atoms with Crippen molar-refractivity contribution < 1.29 is 8.83 Å². The Balaban J connectivity index is 0.896. The lowest BCUT2D eigenvalue weighted by molar-refractivity contribution is 0.668. The van der Waals surface area contributed by atoms with E-state index in [1.54, 1.807) is 0 Å². The Bertz CT molecular complexity index is 4670. The number of aromatic nitrogens is 1. The normalized spacial score (nSPS) is 13.9. The molecule has 0 atom stereocenters. The highest BCUT2D eigenvalue weighted by Crippen LogP contribution is 2.44. The van der Waals surface area contributed by atoms with Gasteiger partial charge in [0, 0.05) is 44.3 Å². The van der Waals surface area contributed by atoms with Crippen LogP contribution < -0.4 is 51.3 Å². The summed E-state index contributed by atoms with van der Waals surface area (Å²) in [6.45, 7) is 0. The summed E-state index contributed by atoms with van der Waals surface area (Å²) in [4.78, 5) is 10.8. The van der Waals surface area contributed by atoms with Gasteiger partial charge in [0.15, 0.2) is 16.1 Å². The fourth-order valence-corrected chi connectivity index (χ4v) is 24.5. The molecule has 0 fully saturated rings. The molecule has 2 aliphatic rings. The van der Waals surface area contributed by atoms with Crippen molar-refractivity contribution in [3.05, 3.63) is 309 Å². The summed E-state index contributed by atoms with van der Waals surface area (Å²) >= 11 is 0. The Morgan fingerprint density at radius 2 is 0.560 bits per heavy atom. The van der Waals surface area contributed by atoms with Gasteiger partial charge < -0.3 is 8.83 Å². The molecule has 5 nitrogen and oxygen atoms in total. The quantitative estimate of drug-likeness (QED) is 0.142. The molecule has 7 heteroatoms. The largest absolute Gasteiger partial charge is 0.456 e. The maximum Gasteiger partial charge on any atom is 0.184 e. The molecular weight excluding hydrogens is 1060 g/mol. The van der Waals surface area contributed by atoms with Gasteiger partial charge in [0.05, 0.1) is 0 Å². The number of pyridine rings is 1. The van der Waals surface area contributed by atoms with Gasteiger partial charge in [-0.3, -0.25) is 9.80 Å². The van der Waals surface area contributed by atoms with Crippen LogP contribution in [0, 0.1) is 0 Å². The van der Waals surface area contributed by atoms with Crippen molar-refractivity contribution in [2.75, 3.05) is 9.80 Å². The van der Waals surface area contributed by atoms with Gasteiger partial charge in [-0.1, -0.05) is 237 Å². The summed E-state index contributed by atoms with van der Waals surface area (Å²) in [6.07, 6.45) is 0. The zero-order chi connectivity index (χ0) is 55.3. The predicted octanol–water partition coefficient (Wildman–Crippen LogP) is 14.5. The Labute approximate surface area is 488 Å². The fraction of sp³-hybridized carbons (Fsp3) is 0. The van der Waals surface area contributed by atoms with Gasteiger partial charge in [0.25, 0.3) is 0 Å². The lowest BCUT2D eigenvalue weighted by atomic mass is 10.0. The first-order valence-electron chi connectivity index (χ1n) is 28.8. The Morgan fingerprint density at radius 1 is 0.238 bits per heavy atom. The van der Waals surface area contributed by atoms with E-state index >= 15 is 0 Å². The van der Waals surface area contributed by atoms with Gasteiger partial charge in [-0.2, -0.15) is 0 Å². The van der Waals surface area contributed by atoms with Crippen LogP contribution in [0.2, 0.25) is 0 Å². The number of rotatable bonds is 8. The lowest BCUT2D eigenvalue weighted by Gasteiger charge is -2.46. The van der Waals surface area contributed by atoms with Crippen molar-refractivity contribution >= 4 is 136 Å². The molecule has 0 saturated carbocycles. The highest BCUT2D eigenvalue weighted by Gasteiger charge is 2.51. The van der Waals surface area contributed by atoms with Gasteiger partial charge in [-0.15, -0.1) is 0 Å². The highest BCUT2D eigenvalue weighted by molar-refractivity contribution is 7.22. The van der Waals surface area contributed by atoms with Gasteiger partial charge in [-0.05, 0) is 137 Å². The molecule has 15 aromatic rings. The first kappa shape index (κ1) is 48.2. The van der Waals surface area contributed by atoms with E-state index in [1.807, 2.05) is 12.1 Å². The Hall–Kier alpha value is -10.6. The second-order valence-corrected chi connectivity index (χ2v) is 29.6. The molecule has 0 bridgehead atoms. The molecule has 17 rings (SSSR count). The maximum absolute atomic E-state index is 6.36. The van der Waals surface area contributed by atoms with E-state index in [1.165, 1.54) is 41.5 Å². The topological polar surface area (TPSA) is 45.7 Å². The number of hydrogen-bond acceptors (Lipinski definition) is 5. The van der Waals surface area contributed by atoms with E-state index in [0.29, 0.717) is 0 Å². The summed E-state index contributed by atoms with van der Waals surface area (Å²) in [5, 5.41) is 14.9. The molecule has 0 N–H and O–H groups in total. The number of benzene rings is 12. The molecule has 0 aliphatic carbocycles. The SMILES string of the molecule is c1ccc([Si]2(c3ccccc3)c3ccccc3N(c3cccc(N4c5ccccc5[Si](c5ccccc5)(c5ccccc5)c5cc(-c6ccc7oc8ccccc8c7c6)ccc54)n3)c3ccc(-c4ccc5oc6ccccc6c5c4)cc32)cc1. The molecular formula is C77H51N3O2Si2. The van der Waals surface area contributed by atoms with E-state index in [-0.39, 0.29) is 0 Å². The number of hydrogen-bond donors (Lipinski definition) is 0. The van der Waals surface area contributed by atoms with Crippen molar-refractivity contribution in [1.29, 1.82) is 0 Å². The molecule has 5 heterocycles. The van der Waals surface area contributed by atoms with Crippen LogP contribution in [-0.2, 0) is 0 Å². The third-order valence-electron chi connectivity index (χ3n) is 17.8. The summed E-state index contributed by atoms with van der Waals surface area (Å²) in [6, 6.07) is 114. The average molecular weight is 1110 g/mol. The van der Waals surface area contributed by atoms with Crippen molar-refractivity contribution in [3.63, 3.8) is 0 Å². The van der Waals surface area contributed by atoms with Crippen LogP contribution in [0.15, 0.2) is 318 Å². The standard InChI is InChI=1S/C77H51N3O2Si2/c1-5-22-56(23-6-1)83(57-24-7-2-8-25-57)72-36-19-15-32-64(72)79(66-44-40-54(50-74(66)83)52-42-46-70-62(48-52)60-30-13-17-34-68(60)81-70)76-38-21-39-77(78-76)80-65-33-16-20-37-73(65)84(58-26-9-3-10-27-58,59-28-11-4-12-29-59)75-51-55(41-45-67(75)80)53-43-47-71-63(49-53)61-31-14-18-35-69(61)82-71/h1-51H. The first-order chi connectivity index (χ1) is 41.6. The molecule has 0 amide bonds. The number of furan rings is 2. The first-order valence-corrected chi connectivity index (χ1v) is 32.8. The summed E-state index contributed by atoms with van der Waals surface area (Å²) in [5.74, 6) is 1.67. The number of para-hydroxylation sites is 4. The second kappa shape index (κ2) is 19.0. The van der Waals surface area contributed by atoms with Crippen LogP contribution in [0.25, 0.3) is 66.1 Å². The third kappa shape index (κ3) is 7.10. The molecule has 0 radical (unpaired) electrons. The molecule has 84 heavy (non-hydrogen) atoms. The smallest absolute Gasteiger partial charge is 0.184 e. The van der Waals surface area contributed by atoms with Gasteiger partial charge in [0.1, 0.15) is 34.0 Å². The van der Waals surface area contributed by atoms with Crippen LogP contribution in [0.5, 0.6) is 0 Å². The van der Waals surface area contributed by atoms with Crippen LogP contribution in [0.1, 0.15) is 0 Å². The number of fused-ring (bicyclic) bond motifs is 10. The van der Waals surface area contributed by atoms with E-state index in [0.717, 1.165) is 101 Å². The minimum atomic E-state index is -3.08. The molecule has 0 saturated heterocycles. The molecule has 0 spiro atoms. The van der Waals surface area contributed by atoms with E-state index in [9.17, 15) is 0 Å². The van der Waals surface area contributed by atoms with Crippen LogP contribution in [0.4, 0.5) is 34.4 Å². The monoisotopic (exact) mass is 1110 g/mol. The van der Waals surface area contributed by atoms with Crippen LogP contribution in [0.3, 0.4) is 0 Å². The van der Waals surface area contributed by atoms with Gasteiger partial charge >= 0.3 is 0 Å². The molecule has 12 aromatic carbocycles. The highest BCUT2D eigenvalue weighted by atomic mass is 28.3. The van der Waals surface area contributed by atoms with Gasteiger partial charge in [-0.25, -0.2) is 4.98 Å². The fourth-order valence-electron chi connectivity index (χ4n) is 14.2. The molecule has 0 unspecified atom stereocenters. The summed E-state index contributed by atoms with van der Waals surface area (Å²) < 4.78 is 12.7. The van der Waals surface area contributed by atoms with Crippen molar-refractivity contribution in [2.24, 2.45) is 0 Å². The zero-order valence-electron chi connectivity index (χ0n) is 45.6. The molecule has 394 valence electrons. The minimum absolute atomic E-state index is 0.834. The van der Waals surface area contributed by atoms with Crippen LogP contribution >= 0.6 is 0 Å². The zero-order valence-corrected chi connectivity index (χ0v) is 47.6. The third-order valence-corrected chi connectivity index (χ3v) is 27.5. The lowest BCUT2D eigenvalue weighted by Crippen LogP contribution is -2.77. The van der Waals surface area contributed by atoms with Crippen molar-refractivity contribution in [2.45, 2.75) is 0 Å². The van der Waals surface area contributed by atoms with Crippen molar-refractivity contribution in [3.8, 4) is 22.3 Å². The van der Waals surface area contributed by atoms with Crippen molar-refractivity contribution in [1.82, 2.24) is 4.98 Å². The number of nitrogens with zero attached hydrogens (tertiary/aromatic N) is 3. The predicted molar refractivity (Wildman–Crippen MR) is 353 cm³/mol. The molecule has 3 aromatic heterocycles. The maximum atomic E-state index is 6.36. The summed E-state index contributed by atoms with van der Waals surface area (Å²) in [5.41, 5.74) is 12.6. The molecule has 2 aliphatic heterocycles. The second-order valence-electron chi connectivity index (χ2n) is 22.1. The van der Waals surface area contributed by atoms with E-state index < -0.39 is 16.1 Å². The van der Waals surface area contributed by atoms with Gasteiger partial charge in [0.2, 0.25) is 0 Å². The average Bonchev–Trinajstić information content (AvgIpc) is 1.31.